The van der Waals surface area contributed by atoms with Crippen molar-refractivity contribution in [3.63, 3.8) is 0 Å². The molecule has 0 aliphatic rings. The van der Waals surface area contributed by atoms with Gasteiger partial charge in [-0.2, -0.15) is 0 Å². The van der Waals surface area contributed by atoms with E-state index in [2.05, 4.69) is 0 Å². The van der Waals surface area contributed by atoms with Gasteiger partial charge in [0, 0.05) is 84.6 Å². The molecule has 0 aromatic heterocycles. The van der Waals surface area contributed by atoms with Crippen LogP contribution in [0.3, 0.4) is 0 Å². The molecule has 0 aromatic carbocycles. The van der Waals surface area contributed by atoms with Crippen molar-refractivity contribution >= 4 is 42.7 Å². The Bertz CT molecular complexity index is 1110. The van der Waals surface area contributed by atoms with E-state index in [4.69, 9.17) is 5.11 Å². The first-order chi connectivity index (χ1) is 31.2. The molecule has 0 heterocycles. The first-order valence-corrected chi connectivity index (χ1v) is 24.2. The van der Waals surface area contributed by atoms with Crippen molar-refractivity contribution in [1.29, 1.82) is 0 Å². The molecule has 0 spiro atoms. The van der Waals surface area contributed by atoms with E-state index < -0.39 is 42.7 Å². The van der Waals surface area contributed by atoms with Crippen molar-refractivity contribution in [1.82, 2.24) is 34.3 Å². The second kappa shape index (κ2) is 56.7. The summed E-state index contributed by atoms with van der Waals surface area (Å²) in [5, 5.41) is 71.0. The van der Waals surface area contributed by atoms with E-state index in [1.807, 2.05) is 194 Å². The van der Waals surface area contributed by atoms with Gasteiger partial charge in [-0.1, -0.05) is 0 Å². The maximum Gasteiger partial charge on any atom is 1.00 e. The van der Waals surface area contributed by atoms with Gasteiger partial charge in [0.2, 0.25) is 0 Å². The molecular weight excluding hydrogens is 952 g/mol. The third-order valence-electron chi connectivity index (χ3n) is 9.27. The van der Waals surface area contributed by atoms with Gasteiger partial charge in [-0.3, -0.25) is 0 Å². The van der Waals surface area contributed by atoms with Crippen LogP contribution in [0, 0.1) is 0 Å². The molecule has 0 radical (unpaired) electrons. The maximum absolute atomic E-state index is 10.5. The molecule has 0 aromatic rings. The van der Waals surface area contributed by atoms with Crippen LogP contribution in [0.1, 0.15) is 194 Å². The van der Waals surface area contributed by atoms with E-state index >= 15 is 0 Å². The number of hydrogen-bond acceptors (Lipinski definition) is 13. The molecule has 0 aliphatic carbocycles. The monoisotopic (exact) mass is 1050 g/mol. The Labute approximate surface area is 533 Å². The predicted molar refractivity (Wildman–Crippen MR) is 265 cm³/mol. The van der Waals surface area contributed by atoms with Crippen molar-refractivity contribution in [3.8, 4) is 0 Å². The molecule has 0 bridgehead atoms. The summed E-state index contributed by atoms with van der Waals surface area (Å²) in [6.07, 6.45) is -7.40. The van der Waals surface area contributed by atoms with E-state index in [0.717, 1.165) is 0 Å². The van der Waals surface area contributed by atoms with E-state index in [-0.39, 0.29) is 198 Å². The first kappa shape index (κ1) is 106. The zero-order chi connectivity index (χ0) is 58.2. The smallest absolute Gasteiger partial charge is 0.530 e. The van der Waals surface area contributed by atoms with Crippen LogP contribution in [-0.2, 0) is 0 Å². The Hall–Kier alpha value is -1.53. The minimum absolute atomic E-state index is 0. The second-order valence-electron chi connectivity index (χ2n) is 20.0. The van der Waals surface area contributed by atoms with E-state index in [1.54, 1.807) is 0 Å². The molecule has 1 N–H and O–H groups in total. The number of carbonyl (C=O) groups excluding carboxylic acids is 6. The largest absolute Gasteiger partial charge is 1.00 e. The Morgan fingerprint density at radius 2 is 0.276 bits per heavy atom. The van der Waals surface area contributed by atoms with Crippen molar-refractivity contribution < 1.29 is 182 Å². The van der Waals surface area contributed by atoms with Crippen LogP contribution in [0.25, 0.3) is 0 Å². The number of carboxylic acid groups (broad SMARTS) is 7. The molecule has 76 heavy (non-hydrogen) atoms. The van der Waals surface area contributed by atoms with Crippen molar-refractivity contribution in [2.45, 2.75) is 278 Å². The van der Waals surface area contributed by atoms with Gasteiger partial charge in [-0.25, -0.2) is 4.79 Å². The summed E-state index contributed by atoms with van der Waals surface area (Å²) in [5.41, 5.74) is 0. The fourth-order valence-corrected chi connectivity index (χ4v) is 7.15. The topological polar surface area (TPSA) is 301 Å². The third-order valence-corrected chi connectivity index (χ3v) is 9.27. The number of hydrogen-bond donors (Lipinski definition) is 1. The standard InChI is InChI=1S/7C7H15NO2.6Li/c7*1-5(2)8(6(3)4)7(9)10;;;;;;/h7*5-6H,1-4H3,(H,9,10);;;;;;/q;;;;;;;6*+1/p-6. The fourth-order valence-electron chi connectivity index (χ4n) is 7.15. The Morgan fingerprint density at radius 1 is 0.211 bits per heavy atom. The second-order valence-corrected chi connectivity index (χ2v) is 20.0. The molecule has 0 aliphatic heterocycles. The molecule has 0 atom stereocenters. The number of carbonyl (C=O) groups is 7. The summed E-state index contributed by atoms with van der Waals surface area (Å²) < 4.78 is 0. The quantitative estimate of drug-likeness (QED) is 0.158. The summed E-state index contributed by atoms with van der Waals surface area (Å²) in [6, 6.07) is 0.190. The number of nitrogens with zero attached hydrogens (tertiary/aromatic N) is 7. The first-order valence-electron chi connectivity index (χ1n) is 24.2. The zero-order valence-corrected chi connectivity index (χ0v) is 54.5. The van der Waals surface area contributed by atoms with Gasteiger partial charge in [-0.05, 0) is 194 Å². The van der Waals surface area contributed by atoms with E-state index in [1.165, 1.54) is 34.3 Å². The van der Waals surface area contributed by atoms with Crippen LogP contribution in [0.2, 0.25) is 0 Å². The summed E-state index contributed by atoms with van der Waals surface area (Å²) >= 11 is 0. The zero-order valence-electron chi connectivity index (χ0n) is 54.5. The SMILES string of the molecule is CC(C)N(C(=O)O)C(C)C.CC(C)N(C(=O)[O-])C(C)C.CC(C)N(C(=O)[O-])C(C)C.CC(C)N(C(=O)[O-])C(C)C.CC(C)N(C(=O)[O-])C(C)C.CC(C)N(C(=O)[O-])C(C)C.CC(C)N(C(=O)[O-])C(C)C.[Li+].[Li+].[Li+].[Li+].[Li+].[Li+]. The van der Waals surface area contributed by atoms with E-state index in [0.29, 0.717) is 0 Å². The molecule has 0 saturated carbocycles. The molecular formula is C49H99Li6N7O14. The third kappa shape index (κ3) is 54.4. The summed E-state index contributed by atoms with van der Waals surface area (Å²) in [6.45, 7) is 51.4. The molecule has 420 valence electrons. The maximum atomic E-state index is 10.5. The summed E-state index contributed by atoms with van der Waals surface area (Å²) in [5.74, 6) is 0. The molecule has 21 nitrogen and oxygen atoms in total. The molecule has 0 unspecified atom stereocenters. The minimum Gasteiger partial charge on any atom is -0.530 e. The minimum atomic E-state index is -1.09. The van der Waals surface area contributed by atoms with Crippen LogP contribution >= 0.6 is 0 Å². The summed E-state index contributed by atoms with van der Waals surface area (Å²) in [4.78, 5) is 82.1. The predicted octanol–water partition coefficient (Wildman–Crippen LogP) is -13.5. The van der Waals surface area contributed by atoms with Gasteiger partial charge < -0.3 is 98.8 Å². The van der Waals surface area contributed by atoms with Crippen LogP contribution < -0.4 is 144 Å². The van der Waals surface area contributed by atoms with Gasteiger partial charge in [0.1, 0.15) is 36.6 Å². The Morgan fingerprint density at radius 3 is 0.276 bits per heavy atom. The Balaban J connectivity index is -0.0000000547. The van der Waals surface area contributed by atoms with Crippen LogP contribution in [0.4, 0.5) is 33.6 Å². The van der Waals surface area contributed by atoms with Crippen molar-refractivity contribution in [3.05, 3.63) is 0 Å². The van der Waals surface area contributed by atoms with Crippen LogP contribution in [-0.4, -0.2) is 167 Å². The molecule has 0 rings (SSSR count). The van der Waals surface area contributed by atoms with Crippen LogP contribution in [0.15, 0.2) is 0 Å². The fraction of sp³-hybridized carbons (Fsp3) is 0.857. The summed E-state index contributed by atoms with van der Waals surface area (Å²) in [7, 11) is 0. The number of rotatable bonds is 14. The average Bonchev–Trinajstić information content (AvgIpc) is 3.06. The molecule has 27 heteroatoms. The van der Waals surface area contributed by atoms with E-state index in [9.17, 15) is 64.2 Å². The molecule has 0 fully saturated rings. The van der Waals surface area contributed by atoms with Crippen molar-refractivity contribution in [2.75, 3.05) is 0 Å². The van der Waals surface area contributed by atoms with Gasteiger partial charge in [0.25, 0.3) is 0 Å². The van der Waals surface area contributed by atoms with Gasteiger partial charge in [-0.15, -0.1) is 0 Å². The van der Waals surface area contributed by atoms with Gasteiger partial charge >= 0.3 is 119 Å². The van der Waals surface area contributed by atoms with Crippen molar-refractivity contribution in [2.24, 2.45) is 0 Å². The van der Waals surface area contributed by atoms with Gasteiger partial charge in [0.05, 0.1) is 0 Å². The molecule has 0 saturated heterocycles. The average molecular weight is 1050 g/mol. The number of amides is 7. The van der Waals surface area contributed by atoms with Gasteiger partial charge in [0.15, 0.2) is 0 Å². The molecule has 7 amide bonds. The van der Waals surface area contributed by atoms with Crippen LogP contribution in [0.5, 0.6) is 0 Å². The normalized spacial score (nSPS) is 9.76. The Kier molecular flexibility index (Phi) is 79.4.